The number of imide groups is 1. The van der Waals surface area contributed by atoms with E-state index in [1.807, 2.05) is 0 Å². The molecule has 2 amide bonds. The number of amides is 2. The summed E-state index contributed by atoms with van der Waals surface area (Å²) in [7, 11) is 0. The van der Waals surface area contributed by atoms with Gasteiger partial charge in [-0.1, -0.05) is 12.1 Å². The molecule has 2 N–H and O–H groups in total. The van der Waals surface area contributed by atoms with Crippen molar-refractivity contribution in [2.75, 3.05) is 6.54 Å². The van der Waals surface area contributed by atoms with Crippen molar-refractivity contribution in [3.05, 3.63) is 65.1 Å². The Kier molecular flexibility index (Phi) is 7.59. The average Bonchev–Trinajstić information content (AvgIpc) is 2.94. The Bertz CT molecular complexity index is 1090. The highest BCUT2D eigenvalue weighted by molar-refractivity contribution is 14.1. The maximum Gasteiger partial charge on any atom is 0.335 e. The Morgan fingerprint density at radius 2 is 1.68 bits per heavy atom. The lowest BCUT2D eigenvalue weighted by molar-refractivity contribution is -0.140. The first-order valence-corrected chi connectivity index (χ1v) is 11.5. The largest absolute Gasteiger partial charge is 0.487 e. The summed E-state index contributed by atoms with van der Waals surface area (Å²) >= 11 is 4.90. The van der Waals surface area contributed by atoms with Crippen molar-refractivity contribution in [2.45, 2.75) is 6.61 Å². The molecule has 0 aliphatic carbocycles. The number of nitrogens with zero attached hydrogens (tertiary/aromatic N) is 1. The molecular weight excluding hydrogens is 652 g/mol. The number of rotatable bonds is 7. The van der Waals surface area contributed by atoms with Crippen LogP contribution in [-0.4, -0.2) is 44.7 Å². The van der Waals surface area contributed by atoms with E-state index in [1.165, 1.54) is 12.1 Å². The third kappa shape index (κ3) is 5.77. The number of aromatic carboxylic acids is 1. The van der Waals surface area contributed by atoms with Gasteiger partial charge in [0.15, 0.2) is 0 Å². The van der Waals surface area contributed by atoms with Crippen LogP contribution in [0, 0.1) is 7.14 Å². The summed E-state index contributed by atoms with van der Waals surface area (Å²) in [5.41, 5.74) is 1.69. The van der Waals surface area contributed by atoms with Crippen LogP contribution in [0.3, 0.4) is 0 Å². The molecule has 1 aliphatic heterocycles. The number of carbonyl (C=O) groups is 4. The SMILES string of the molecule is O=C(O)CN1C(=O)S/C(=C/c2cc(I)c(OCc3ccc(C(=O)O)cc3)c(I)c2)C1=O. The molecule has 3 rings (SSSR count). The number of benzene rings is 2. The second kappa shape index (κ2) is 9.99. The van der Waals surface area contributed by atoms with Gasteiger partial charge in [0.1, 0.15) is 18.9 Å². The number of carbonyl (C=O) groups excluding carboxylic acids is 2. The average molecular weight is 665 g/mol. The van der Waals surface area contributed by atoms with Gasteiger partial charge in [-0.3, -0.25) is 19.3 Å². The van der Waals surface area contributed by atoms with Gasteiger partial charge in [0, 0.05) is 0 Å². The summed E-state index contributed by atoms with van der Waals surface area (Å²) in [5, 5.41) is 17.2. The lowest BCUT2D eigenvalue weighted by atomic mass is 10.1. The quantitative estimate of drug-likeness (QED) is 0.332. The van der Waals surface area contributed by atoms with E-state index in [9.17, 15) is 19.2 Å². The number of aliphatic carboxylic acids is 1. The van der Waals surface area contributed by atoms with Crippen molar-refractivity contribution >= 4 is 86.1 Å². The van der Waals surface area contributed by atoms with Crippen molar-refractivity contribution < 1.29 is 34.1 Å². The van der Waals surface area contributed by atoms with Crippen molar-refractivity contribution in [3.8, 4) is 5.75 Å². The van der Waals surface area contributed by atoms with E-state index in [0.717, 1.165) is 12.7 Å². The van der Waals surface area contributed by atoms with Crippen LogP contribution in [0.15, 0.2) is 41.3 Å². The Labute approximate surface area is 207 Å². The zero-order valence-corrected chi connectivity index (χ0v) is 20.6. The Balaban J connectivity index is 1.75. The second-order valence-corrected chi connectivity index (χ2v) is 9.58. The molecule has 0 radical (unpaired) electrons. The monoisotopic (exact) mass is 665 g/mol. The normalized spacial score (nSPS) is 14.9. The van der Waals surface area contributed by atoms with Gasteiger partial charge >= 0.3 is 11.9 Å². The minimum atomic E-state index is -1.26. The maximum atomic E-state index is 12.3. The van der Waals surface area contributed by atoms with Gasteiger partial charge < -0.3 is 14.9 Å². The van der Waals surface area contributed by atoms with E-state index < -0.39 is 29.6 Å². The summed E-state index contributed by atoms with van der Waals surface area (Å²) in [6.45, 7) is -0.420. The van der Waals surface area contributed by atoms with Gasteiger partial charge in [-0.2, -0.15) is 0 Å². The fourth-order valence-corrected chi connectivity index (χ4v) is 5.59. The molecular formula is C20H13I2NO7S. The number of ether oxygens (including phenoxy) is 1. The van der Waals surface area contributed by atoms with E-state index in [2.05, 4.69) is 45.2 Å². The first-order chi connectivity index (χ1) is 14.7. The van der Waals surface area contributed by atoms with Gasteiger partial charge in [-0.05, 0) is 98.4 Å². The van der Waals surface area contributed by atoms with Crippen molar-refractivity contribution in [2.24, 2.45) is 0 Å². The lowest BCUT2D eigenvalue weighted by Crippen LogP contribution is -2.33. The molecule has 0 spiro atoms. The summed E-state index contributed by atoms with van der Waals surface area (Å²) in [6, 6.07) is 9.97. The van der Waals surface area contributed by atoms with Gasteiger partial charge in [0.2, 0.25) is 0 Å². The molecule has 1 aliphatic rings. The maximum absolute atomic E-state index is 12.3. The number of hydrogen-bond acceptors (Lipinski definition) is 6. The lowest BCUT2D eigenvalue weighted by Gasteiger charge is -2.12. The minimum absolute atomic E-state index is 0.157. The highest BCUT2D eigenvalue weighted by Gasteiger charge is 2.36. The molecule has 0 atom stereocenters. The molecule has 1 heterocycles. The number of carboxylic acids is 2. The fourth-order valence-electron chi connectivity index (χ4n) is 2.62. The summed E-state index contributed by atoms with van der Waals surface area (Å²) in [5.74, 6) is -2.24. The molecule has 8 nitrogen and oxygen atoms in total. The van der Waals surface area contributed by atoms with Crippen molar-refractivity contribution in [1.29, 1.82) is 0 Å². The van der Waals surface area contributed by atoms with Crippen molar-refractivity contribution in [1.82, 2.24) is 4.90 Å². The fraction of sp³-hybridized carbons (Fsp3) is 0.100. The Morgan fingerprint density at radius 1 is 1.06 bits per heavy atom. The predicted molar refractivity (Wildman–Crippen MR) is 130 cm³/mol. The Hall–Kier alpha value is -2.13. The summed E-state index contributed by atoms with van der Waals surface area (Å²) in [6.07, 6.45) is 1.55. The third-order valence-electron chi connectivity index (χ3n) is 4.07. The molecule has 0 unspecified atom stereocenters. The summed E-state index contributed by atoms with van der Waals surface area (Å²) < 4.78 is 7.46. The highest BCUT2D eigenvalue weighted by atomic mass is 127. The first kappa shape index (κ1) is 23.5. The predicted octanol–water partition coefficient (Wildman–Crippen LogP) is 4.29. The summed E-state index contributed by atoms with van der Waals surface area (Å²) in [4.78, 5) is 46.8. The van der Waals surface area contributed by atoms with Crippen LogP contribution in [0.2, 0.25) is 0 Å². The third-order valence-corrected chi connectivity index (χ3v) is 6.58. The van der Waals surface area contributed by atoms with Crippen LogP contribution in [-0.2, 0) is 16.2 Å². The Morgan fingerprint density at radius 3 is 2.23 bits per heavy atom. The van der Waals surface area contributed by atoms with E-state index in [4.69, 9.17) is 14.9 Å². The molecule has 0 bridgehead atoms. The van der Waals surface area contributed by atoms with Gasteiger partial charge in [-0.25, -0.2) is 4.79 Å². The number of halogens is 2. The van der Waals surface area contributed by atoms with Gasteiger partial charge in [0.25, 0.3) is 11.1 Å². The zero-order valence-electron chi connectivity index (χ0n) is 15.5. The molecule has 0 saturated carbocycles. The molecule has 11 heteroatoms. The number of thioether (sulfide) groups is 1. The molecule has 1 fully saturated rings. The van der Waals surface area contributed by atoms with E-state index in [1.54, 1.807) is 30.3 Å². The highest BCUT2D eigenvalue weighted by Crippen LogP contribution is 2.35. The topological polar surface area (TPSA) is 121 Å². The molecule has 2 aromatic carbocycles. The van der Waals surface area contributed by atoms with Crippen LogP contribution in [0.5, 0.6) is 5.75 Å². The van der Waals surface area contributed by atoms with Crippen LogP contribution in [0.1, 0.15) is 21.5 Å². The van der Waals surface area contributed by atoms with Crippen LogP contribution in [0.25, 0.3) is 6.08 Å². The molecule has 0 aromatic heterocycles. The molecule has 160 valence electrons. The van der Waals surface area contributed by atoms with Gasteiger partial charge in [0.05, 0.1) is 17.6 Å². The number of hydrogen-bond donors (Lipinski definition) is 2. The van der Waals surface area contributed by atoms with E-state index in [-0.39, 0.29) is 17.1 Å². The first-order valence-electron chi connectivity index (χ1n) is 8.57. The van der Waals surface area contributed by atoms with E-state index in [0.29, 0.717) is 28.0 Å². The molecule has 31 heavy (non-hydrogen) atoms. The minimum Gasteiger partial charge on any atom is -0.487 e. The smallest absolute Gasteiger partial charge is 0.335 e. The van der Waals surface area contributed by atoms with Crippen LogP contribution in [0.4, 0.5) is 4.79 Å². The zero-order chi connectivity index (χ0) is 22.7. The van der Waals surface area contributed by atoms with Gasteiger partial charge in [-0.15, -0.1) is 0 Å². The van der Waals surface area contributed by atoms with Crippen molar-refractivity contribution in [3.63, 3.8) is 0 Å². The van der Waals surface area contributed by atoms with Crippen LogP contribution >= 0.6 is 56.9 Å². The standard InChI is InChI=1S/C20H13I2NO7S/c21-13-5-11(7-15-18(26)23(8-16(24)25)20(29)31-15)6-14(22)17(13)30-9-10-1-3-12(4-2-10)19(27)28/h1-7H,8-9H2,(H,24,25)(H,27,28)/b15-7+. The number of carboxylic acid groups (broad SMARTS) is 2. The van der Waals surface area contributed by atoms with Crippen LogP contribution < -0.4 is 4.74 Å². The molecule has 1 saturated heterocycles. The second-order valence-electron chi connectivity index (χ2n) is 6.27. The van der Waals surface area contributed by atoms with E-state index >= 15 is 0 Å². The molecule has 2 aromatic rings.